The van der Waals surface area contributed by atoms with Gasteiger partial charge in [-0.2, -0.15) is 0 Å². The molecule has 0 fully saturated rings. The minimum atomic E-state index is -0.134. The molecule has 0 saturated carbocycles. The van der Waals surface area contributed by atoms with E-state index in [-0.39, 0.29) is 10.5 Å². The van der Waals surface area contributed by atoms with Gasteiger partial charge >= 0.3 is 0 Å². The van der Waals surface area contributed by atoms with Crippen LogP contribution in [-0.4, -0.2) is 15.1 Å². The number of nitrogens with one attached hydrogen (secondary N) is 1. The zero-order valence-corrected chi connectivity index (χ0v) is 15.6. The lowest BCUT2D eigenvalue weighted by Gasteiger charge is -2.06. The van der Waals surface area contributed by atoms with E-state index in [0.29, 0.717) is 26.2 Å². The monoisotopic (exact) mass is 388 g/mol. The molecule has 2 aromatic heterocycles. The molecule has 0 aliphatic carbocycles. The summed E-state index contributed by atoms with van der Waals surface area (Å²) >= 11 is 2.59. The van der Waals surface area contributed by atoms with Crippen LogP contribution in [0.2, 0.25) is 0 Å². The predicted molar refractivity (Wildman–Crippen MR) is 112 cm³/mol. The maximum Gasteiger partial charge on any atom is 0.228 e. The van der Waals surface area contributed by atoms with E-state index in [1.165, 1.54) is 11.3 Å². The number of pyridine rings is 1. The standard InChI is InChI=1S/C21H12N2O2S2/c24-19-12-6-1-2-9-15(12)22-18-13(19)7-5-8-14(18)20(25)27-21-23-16-10-3-4-11-17(16)26-21/h1-11H,(H,22,24). The molecule has 1 N–H and O–H groups in total. The van der Waals surface area contributed by atoms with Crippen molar-refractivity contribution in [1.29, 1.82) is 0 Å². The van der Waals surface area contributed by atoms with Crippen molar-refractivity contribution in [3.05, 3.63) is 82.5 Å². The molecular formula is C21H12N2O2S2. The Labute approximate surface area is 161 Å². The first-order valence-electron chi connectivity index (χ1n) is 8.32. The molecule has 5 rings (SSSR count). The molecule has 0 bridgehead atoms. The molecule has 0 unspecified atom stereocenters. The van der Waals surface area contributed by atoms with Gasteiger partial charge in [-0.3, -0.25) is 9.59 Å². The number of aromatic nitrogens is 2. The van der Waals surface area contributed by atoms with Gasteiger partial charge in [0.15, 0.2) is 9.77 Å². The average molecular weight is 388 g/mol. The van der Waals surface area contributed by atoms with Crippen molar-refractivity contribution in [2.75, 3.05) is 0 Å². The lowest BCUT2D eigenvalue weighted by atomic mass is 10.1. The first-order chi connectivity index (χ1) is 13.2. The van der Waals surface area contributed by atoms with Gasteiger partial charge in [0.1, 0.15) is 0 Å². The summed E-state index contributed by atoms with van der Waals surface area (Å²) in [5, 5.41) is 1.00. The van der Waals surface area contributed by atoms with Crippen molar-refractivity contribution in [2.24, 2.45) is 0 Å². The molecular weight excluding hydrogens is 376 g/mol. The Bertz CT molecular complexity index is 1370. The fourth-order valence-corrected chi connectivity index (χ4v) is 5.09. The molecule has 130 valence electrons. The van der Waals surface area contributed by atoms with Crippen LogP contribution in [0, 0.1) is 0 Å². The highest BCUT2D eigenvalue weighted by atomic mass is 32.2. The molecule has 4 nitrogen and oxygen atoms in total. The Hall–Kier alpha value is -2.96. The molecule has 27 heavy (non-hydrogen) atoms. The maximum atomic E-state index is 13.0. The van der Waals surface area contributed by atoms with Crippen LogP contribution in [0.25, 0.3) is 32.0 Å². The second kappa shape index (κ2) is 6.33. The molecule has 2 heterocycles. The number of thioether (sulfide) groups is 1. The fraction of sp³-hybridized carbons (Fsp3) is 0. The van der Waals surface area contributed by atoms with Gasteiger partial charge < -0.3 is 4.98 Å². The molecule has 3 aromatic carbocycles. The van der Waals surface area contributed by atoms with Crippen LogP contribution in [0.15, 0.2) is 75.9 Å². The quantitative estimate of drug-likeness (QED) is 0.332. The molecule has 0 spiro atoms. The van der Waals surface area contributed by atoms with Gasteiger partial charge in [0.2, 0.25) is 5.12 Å². The van der Waals surface area contributed by atoms with Crippen LogP contribution in [0.4, 0.5) is 0 Å². The number of benzene rings is 3. The van der Waals surface area contributed by atoms with Gasteiger partial charge in [-0.05, 0) is 48.2 Å². The minimum Gasteiger partial charge on any atom is -0.354 e. The lowest BCUT2D eigenvalue weighted by Crippen LogP contribution is -2.07. The highest BCUT2D eigenvalue weighted by Gasteiger charge is 2.17. The largest absolute Gasteiger partial charge is 0.354 e. The van der Waals surface area contributed by atoms with E-state index in [2.05, 4.69) is 9.97 Å². The highest BCUT2D eigenvalue weighted by molar-refractivity contribution is 8.15. The Balaban J connectivity index is 1.63. The normalized spacial score (nSPS) is 11.4. The number of nitrogens with zero attached hydrogens (tertiary/aromatic N) is 1. The molecule has 5 aromatic rings. The first kappa shape index (κ1) is 16.2. The van der Waals surface area contributed by atoms with Crippen molar-refractivity contribution in [2.45, 2.75) is 4.34 Å². The molecule has 0 atom stereocenters. The van der Waals surface area contributed by atoms with E-state index in [0.717, 1.165) is 27.5 Å². The number of rotatable bonds is 2. The number of para-hydroxylation sites is 3. The maximum absolute atomic E-state index is 13.0. The second-order valence-corrected chi connectivity index (χ2v) is 8.32. The minimum absolute atomic E-state index is 0.0704. The van der Waals surface area contributed by atoms with E-state index < -0.39 is 0 Å². The van der Waals surface area contributed by atoms with Crippen LogP contribution >= 0.6 is 23.1 Å². The van der Waals surface area contributed by atoms with Crippen molar-refractivity contribution in [1.82, 2.24) is 9.97 Å². The van der Waals surface area contributed by atoms with Crippen molar-refractivity contribution >= 4 is 60.2 Å². The zero-order chi connectivity index (χ0) is 18.4. The first-order valence-corrected chi connectivity index (χ1v) is 9.95. The van der Waals surface area contributed by atoms with Crippen molar-refractivity contribution in [3.8, 4) is 0 Å². The smallest absolute Gasteiger partial charge is 0.228 e. The Morgan fingerprint density at radius 2 is 1.70 bits per heavy atom. The number of aromatic amines is 1. The topological polar surface area (TPSA) is 62.8 Å². The summed E-state index contributed by atoms with van der Waals surface area (Å²) in [6.07, 6.45) is 0. The summed E-state index contributed by atoms with van der Waals surface area (Å²) in [4.78, 5) is 33.5. The number of carbonyl (C=O) groups is 1. The van der Waals surface area contributed by atoms with E-state index in [4.69, 9.17) is 0 Å². The molecule has 0 aliphatic rings. The lowest BCUT2D eigenvalue weighted by molar-refractivity contribution is 0.109. The second-order valence-electron chi connectivity index (χ2n) is 6.06. The number of hydrogen-bond acceptors (Lipinski definition) is 5. The summed E-state index contributed by atoms with van der Waals surface area (Å²) in [5.74, 6) is 0. The van der Waals surface area contributed by atoms with Crippen LogP contribution in [-0.2, 0) is 0 Å². The highest BCUT2D eigenvalue weighted by Crippen LogP contribution is 2.32. The molecule has 0 amide bonds. The van der Waals surface area contributed by atoms with Crippen molar-refractivity contribution in [3.63, 3.8) is 0 Å². The third-order valence-corrected chi connectivity index (χ3v) is 6.42. The third-order valence-electron chi connectivity index (χ3n) is 4.41. The Morgan fingerprint density at radius 3 is 2.59 bits per heavy atom. The summed E-state index contributed by atoms with van der Waals surface area (Å²) in [5.41, 5.74) is 2.59. The Kier molecular flexibility index (Phi) is 3.81. The SMILES string of the molecule is O=C(Sc1nc2ccccc2s1)c1cccc2c(=O)c3ccccc3[nH]c12. The summed E-state index contributed by atoms with van der Waals surface area (Å²) in [6.45, 7) is 0. The fourth-order valence-electron chi connectivity index (χ4n) is 3.15. The number of fused-ring (bicyclic) bond motifs is 3. The number of thiazole rings is 1. The van der Waals surface area contributed by atoms with Gasteiger partial charge in [-0.15, -0.1) is 11.3 Å². The number of carbonyl (C=O) groups excluding carboxylic acids is 1. The molecule has 0 radical (unpaired) electrons. The van der Waals surface area contributed by atoms with Gasteiger partial charge in [0.05, 0.1) is 21.3 Å². The van der Waals surface area contributed by atoms with E-state index >= 15 is 0 Å². The van der Waals surface area contributed by atoms with Gasteiger partial charge in [-0.25, -0.2) is 4.98 Å². The molecule has 6 heteroatoms. The van der Waals surface area contributed by atoms with E-state index in [9.17, 15) is 9.59 Å². The van der Waals surface area contributed by atoms with E-state index in [1.54, 1.807) is 24.3 Å². The number of hydrogen-bond donors (Lipinski definition) is 1. The van der Waals surface area contributed by atoms with Crippen molar-refractivity contribution < 1.29 is 4.79 Å². The molecule has 0 saturated heterocycles. The summed E-state index contributed by atoms with van der Waals surface area (Å²) in [6, 6.07) is 20.4. The molecule has 0 aliphatic heterocycles. The number of H-pyrrole nitrogens is 1. The summed E-state index contributed by atoms with van der Waals surface area (Å²) in [7, 11) is 0. The zero-order valence-electron chi connectivity index (χ0n) is 13.9. The van der Waals surface area contributed by atoms with E-state index in [1.807, 2.05) is 42.5 Å². The van der Waals surface area contributed by atoms with Crippen LogP contribution in [0.1, 0.15) is 10.4 Å². The van der Waals surface area contributed by atoms with Gasteiger partial charge in [0, 0.05) is 16.3 Å². The van der Waals surface area contributed by atoms with Crippen LogP contribution in [0.3, 0.4) is 0 Å². The van der Waals surface area contributed by atoms with Crippen LogP contribution in [0.5, 0.6) is 0 Å². The predicted octanol–water partition coefficient (Wildman–Crippen LogP) is 5.22. The van der Waals surface area contributed by atoms with Crippen LogP contribution < -0.4 is 5.43 Å². The van der Waals surface area contributed by atoms with Gasteiger partial charge in [0.25, 0.3) is 0 Å². The third kappa shape index (κ3) is 2.74. The Morgan fingerprint density at radius 1 is 0.926 bits per heavy atom. The average Bonchev–Trinajstić information content (AvgIpc) is 3.10. The van der Waals surface area contributed by atoms with Gasteiger partial charge in [-0.1, -0.05) is 30.3 Å². The summed E-state index contributed by atoms with van der Waals surface area (Å²) < 4.78 is 1.74.